The highest BCUT2D eigenvalue weighted by Crippen LogP contribution is 2.35. The molecule has 2 heteroatoms. The van der Waals surface area contributed by atoms with Gasteiger partial charge in [0.25, 0.3) is 0 Å². The molecular formula is C16H21NO. The molecule has 0 amide bonds. The minimum absolute atomic E-state index is 0.472. The Morgan fingerprint density at radius 2 is 1.83 bits per heavy atom. The Labute approximate surface area is 109 Å². The van der Waals surface area contributed by atoms with Crippen LogP contribution >= 0.6 is 0 Å². The van der Waals surface area contributed by atoms with Gasteiger partial charge in [0.15, 0.2) is 0 Å². The summed E-state index contributed by atoms with van der Waals surface area (Å²) in [7, 11) is 0. The number of ketones is 1. The quantitative estimate of drug-likeness (QED) is 0.796. The van der Waals surface area contributed by atoms with Gasteiger partial charge in [-0.3, -0.25) is 9.69 Å². The number of hydrogen-bond donors (Lipinski definition) is 0. The highest BCUT2D eigenvalue weighted by Gasteiger charge is 2.39. The first kappa shape index (κ1) is 11.9. The highest BCUT2D eigenvalue weighted by atomic mass is 16.1. The molecule has 96 valence electrons. The summed E-state index contributed by atoms with van der Waals surface area (Å²) in [6, 6.07) is 7.72. The largest absolute Gasteiger partial charge is 0.300 e. The van der Waals surface area contributed by atoms with Crippen LogP contribution in [-0.4, -0.2) is 22.8 Å². The van der Waals surface area contributed by atoms with E-state index >= 15 is 0 Å². The van der Waals surface area contributed by atoms with Gasteiger partial charge < -0.3 is 0 Å². The molecule has 2 bridgehead atoms. The zero-order valence-corrected chi connectivity index (χ0v) is 11.3. The molecule has 2 nitrogen and oxygen atoms in total. The lowest BCUT2D eigenvalue weighted by atomic mass is 9.99. The maximum absolute atomic E-state index is 11.6. The number of carbonyl (C=O) groups excluding carboxylic acids is 1. The summed E-state index contributed by atoms with van der Waals surface area (Å²) >= 11 is 0. The third-order valence-corrected chi connectivity index (χ3v) is 4.55. The van der Waals surface area contributed by atoms with Crippen LogP contribution in [0.1, 0.15) is 42.4 Å². The Kier molecular flexibility index (Phi) is 2.98. The number of rotatable bonds is 2. The lowest BCUT2D eigenvalue weighted by Crippen LogP contribution is -2.42. The first-order chi connectivity index (χ1) is 8.63. The van der Waals surface area contributed by atoms with Gasteiger partial charge >= 0.3 is 0 Å². The monoisotopic (exact) mass is 243 g/mol. The van der Waals surface area contributed by atoms with Crippen LogP contribution in [0.5, 0.6) is 0 Å². The van der Waals surface area contributed by atoms with Gasteiger partial charge in [-0.15, -0.1) is 0 Å². The molecule has 2 aliphatic heterocycles. The number of piperidine rings is 1. The molecule has 2 atom stereocenters. The summed E-state index contributed by atoms with van der Waals surface area (Å²) in [5, 5.41) is 0. The van der Waals surface area contributed by atoms with E-state index < -0.39 is 0 Å². The summed E-state index contributed by atoms with van der Waals surface area (Å²) < 4.78 is 0. The van der Waals surface area contributed by atoms with Crippen LogP contribution in [0.25, 0.3) is 0 Å². The van der Waals surface area contributed by atoms with Crippen LogP contribution in [0.4, 0.5) is 0 Å². The van der Waals surface area contributed by atoms with Gasteiger partial charge in [0.2, 0.25) is 0 Å². The Bertz CT molecular complexity index is 464. The molecule has 0 aromatic heterocycles. The number of nitrogens with zero attached hydrogens (tertiary/aromatic N) is 1. The zero-order valence-electron chi connectivity index (χ0n) is 11.3. The predicted molar refractivity (Wildman–Crippen MR) is 72.5 cm³/mol. The van der Waals surface area contributed by atoms with Gasteiger partial charge in [-0.2, -0.15) is 0 Å². The van der Waals surface area contributed by atoms with Crippen molar-refractivity contribution in [3.05, 3.63) is 34.9 Å². The lowest BCUT2D eigenvalue weighted by molar-refractivity contribution is -0.123. The van der Waals surface area contributed by atoms with Gasteiger partial charge in [0, 0.05) is 31.5 Å². The molecule has 1 aromatic carbocycles. The molecule has 2 heterocycles. The average Bonchev–Trinajstić information content (AvgIpc) is 2.56. The minimum Gasteiger partial charge on any atom is -0.300 e. The van der Waals surface area contributed by atoms with Crippen LogP contribution in [0.3, 0.4) is 0 Å². The molecule has 0 aliphatic carbocycles. The van der Waals surface area contributed by atoms with Crippen molar-refractivity contribution in [2.75, 3.05) is 0 Å². The normalized spacial score (nSPS) is 27.8. The molecule has 0 radical (unpaired) electrons. The Morgan fingerprint density at radius 1 is 1.17 bits per heavy atom. The van der Waals surface area contributed by atoms with Crippen molar-refractivity contribution >= 4 is 5.78 Å². The SMILES string of the molecule is Cc1ccc(CN2C3CCC2CC(=O)C3)c(C)c1. The second-order valence-electron chi connectivity index (χ2n) is 5.93. The molecule has 0 N–H and O–H groups in total. The minimum atomic E-state index is 0.472. The molecule has 2 fully saturated rings. The van der Waals surface area contributed by atoms with E-state index in [9.17, 15) is 4.79 Å². The molecule has 3 rings (SSSR count). The van der Waals surface area contributed by atoms with Crippen LogP contribution in [0, 0.1) is 13.8 Å². The van der Waals surface area contributed by atoms with Gasteiger partial charge in [-0.1, -0.05) is 23.8 Å². The molecule has 18 heavy (non-hydrogen) atoms. The zero-order chi connectivity index (χ0) is 12.7. The summed E-state index contributed by atoms with van der Waals surface area (Å²) in [5.74, 6) is 0.472. The fourth-order valence-electron chi connectivity index (χ4n) is 3.54. The molecule has 0 spiro atoms. The van der Waals surface area contributed by atoms with Crippen molar-refractivity contribution in [2.45, 2.75) is 58.2 Å². The first-order valence-electron chi connectivity index (χ1n) is 6.97. The van der Waals surface area contributed by atoms with Gasteiger partial charge in [0.05, 0.1) is 0 Å². The van der Waals surface area contributed by atoms with Crippen LogP contribution in [0.2, 0.25) is 0 Å². The summed E-state index contributed by atoms with van der Waals surface area (Å²) in [5.41, 5.74) is 4.13. The maximum Gasteiger partial charge on any atom is 0.136 e. The molecule has 2 unspecified atom stereocenters. The fourth-order valence-corrected chi connectivity index (χ4v) is 3.54. The highest BCUT2D eigenvalue weighted by molar-refractivity contribution is 5.80. The van der Waals surface area contributed by atoms with E-state index in [2.05, 4.69) is 36.9 Å². The summed E-state index contributed by atoms with van der Waals surface area (Å²) in [6.07, 6.45) is 3.98. The van der Waals surface area contributed by atoms with E-state index in [-0.39, 0.29) is 0 Å². The molecule has 2 aliphatic rings. The van der Waals surface area contributed by atoms with Gasteiger partial charge in [0.1, 0.15) is 5.78 Å². The number of aryl methyl sites for hydroxylation is 2. The van der Waals surface area contributed by atoms with E-state index in [4.69, 9.17) is 0 Å². The number of hydrogen-bond acceptors (Lipinski definition) is 2. The average molecular weight is 243 g/mol. The topological polar surface area (TPSA) is 20.3 Å². The Hall–Kier alpha value is -1.15. The van der Waals surface area contributed by atoms with Gasteiger partial charge in [-0.25, -0.2) is 0 Å². The molecule has 2 saturated heterocycles. The van der Waals surface area contributed by atoms with Crippen molar-refractivity contribution in [1.29, 1.82) is 0 Å². The van der Waals surface area contributed by atoms with Gasteiger partial charge in [-0.05, 0) is 37.8 Å². The fraction of sp³-hybridized carbons (Fsp3) is 0.562. The van der Waals surface area contributed by atoms with Crippen LogP contribution in [-0.2, 0) is 11.3 Å². The lowest BCUT2D eigenvalue weighted by Gasteiger charge is -2.34. The van der Waals surface area contributed by atoms with Crippen LogP contribution in [0.15, 0.2) is 18.2 Å². The number of benzene rings is 1. The number of carbonyl (C=O) groups is 1. The molecule has 1 aromatic rings. The number of Topliss-reactive ketones (excluding diaryl/α,β-unsaturated/α-hetero) is 1. The van der Waals surface area contributed by atoms with Crippen molar-refractivity contribution in [3.8, 4) is 0 Å². The van der Waals surface area contributed by atoms with E-state index in [0.717, 1.165) is 19.4 Å². The molecular weight excluding hydrogens is 222 g/mol. The first-order valence-corrected chi connectivity index (χ1v) is 6.97. The Balaban J connectivity index is 1.79. The van der Waals surface area contributed by atoms with E-state index in [1.54, 1.807) is 0 Å². The van der Waals surface area contributed by atoms with Crippen molar-refractivity contribution in [1.82, 2.24) is 4.90 Å². The summed E-state index contributed by atoms with van der Waals surface area (Å²) in [6.45, 7) is 5.36. The second-order valence-corrected chi connectivity index (χ2v) is 5.93. The standard InChI is InChI=1S/C16H21NO/c1-11-3-4-13(12(2)7-11)10-17-14-5-6-15(17)9-16(18)8-14/h3-4,7,14-15H,5-6,8-10H2,1-2H3. The Morgan fingerprint density at radius 3 is 2.44 bits per heavy atom. The maximum atomic E-state index is 11.6. The smallest absolute Gasteiger partial charge is 0.136 e. The van der Waals surface area contributed by atoms with E-state index in [0.29, 0.717) is 17.9 Å². The third kappa shape index (κ3) is 2.10. The van der Waals surface area contributed by atoms with E-state index in [1.807, 2.05) is 0 Å². The van der Waals surface area contributed by atoms with E-state index in [1.165, 1.54) is 29.5 Å². The predicted octanol–water partition coefficient (Wildman–Crippen LogP) is 3.00. The number of fused-ring (bicyclic) bond motifs is 2. The summed E-state index contributed by atoms with van der Waals surface area (Å²) in [4.78, 5) is 14.2. The van der Waals surface area contributed by atoms with Crippen molar-refractivity contribution in [3.63, 3.8) is 0 Å². The second kappa shape index (κ2) is 4.51. The third-order valence-electron chi connectivity index (χ3n) is 4.55. The van der Waals surface area contributed by atoms with Crippen molar-refractivity contribution in [2.24, 2.45) is 0 Å². The van der Waals surface area contributed by atoms with Crippen molar-refractivity contribution < 1.29 is 4.79 Å². The van der Waals surface area contributed by atoms with Crippen LogP contribution < -0.4 is 0 Å². The molecule has 0 saturated carbocycles.